The molecule has 0 aromatic carbocycles. The summed E-state index contributed by atoms with van der Waals surface area (Å²) in [6, 6.07) is 5.78. The molecule has 12 heteroatoms. The minimum atomic E-state index is -4.68. The van der Waals surface area contributed by atoms with Crippen LogP contribution in [0.4, 0.5) is 26.3 Å². The number of rotatable bonds is 3. The van der Waals surface area contributed by atoms with Crippen LogP contribution in [0.2, 0.25) is 0 Å². The standard InChI is InChI=1S/C22H19F6N5O/c1-33-17(11-19(32-33)22(26,27)28)20(34)31-16-5-3-2-4-15-13(16)6-7-14(30-15)12-8-9-29-18(10-12)21(23,24)25/h6-11,16H,2-5H2,1H3,(H,31,34)/t16-/m0/s1. The van der Waals surface area contributed by atoms with Crippen LogP contribution in [-0.2, 0) is 25.8 Å². The van der Waals surface area contributed by atoms with Gasteiger partial charge in [0.1, 0.15) is 11.4 Å². The number of halogens is 6. The zero-order valence-corrected chi connectivity index (χ0v) is 17.8. The molecule has 1 N–H and O–H groups in total. The molecule has 0 saturated heterocycles. The van der Waals surface area contributed by atoms with Gasteiger partial charge in [-0.1, -0.05) is 12.5 Å². The fourth-order valence-corrected chi connectivity index (χ4v) is 3.93. The SMILES string of the molecule is Cn1nc(C(F)(F)F)cc1C(=O)N[C@H]1CCCCc2nc(-c3ccnc(C(F)(F)F)c3)ccc21. The highest BCUT2D eigenvalue weighted by atomic mass is 19.4. The number of fused-ring (bicyclic) bond motifs is 1. The molecule has 34 heavy (non-hydrogen) atoms. The molecule has 6 nitrogen and oxygen atoms in total. The van der Waals surface area contributed by atoms with Gasteiger partial charge in [0.2, 0.25) is 0 Å². The number of hydrogen-bond donors (Lipinski definition) is 1. The normalized spacial score (nSPS) is 16.6. The van der Waals surface area contributed by atoms with Crippen molar-refractivity contribution in [3.05, 3.63) is 64.9 Å². The molecule has 1 amide bonds. The number of carbonyl (C=O) groups excluding carboxylic acids is 1. The lowest BCUT2D eigenvalue weighted by molar-refractivity contribution is -0.142. The van der Waals surface area contributed by atoms with Gasteiger partial charge < -0.3 is 5.32 Å². The monoisotopic (exact) mass is 483 g/mol. The van der Waals surface area contributed by atoms with E-state index < -0.39 is 35.7 Å². The summed E-state index contributed by atoms with van der Waals surface area (Å²) >= 11 is 0. The highest BCUT2D eigenvalue weighted by molar-refractivity contribution is 5.93. The Morgan fingerprint density at radius 3 is 2.44 bits per heavy atom. The number of alkyl halides is 6. The van der Waals surface area contributed by atoms with Crippen LogP contribution in [0, 0.1) is 0 Å². The van der Waals surface area contributed by atoms with E-state index in [4.69, 9.17) is 0 Å². The Morgan fingerprint density at radius 1 is 1.03 bits per heavy atom. The van der Waals surface area contributed by atoms with Crippen molar-refractivity contribution in [1.82, 2.24) is 25.1 Å². The number of carbonyl (C=O) groups is 1. The molecule has 0 fully saturated rings. The molecule has 0 saturated carbocycles. The van der Waals surface area contributed by atoms with Gasteiger partial charge in [0.05, 0.1) is 11.7 Å². The van der Waals surface area contributed by atoms with Crippen LogP contribution in [0.15, 0.2) is 36.5 Å². The molecule has 3 aromatic rings. The predicted molar refractivity (Wildman–Crippen MR) is 108 cm³/mol. The number of aromatic nitrogens is 4. The van der Waals surface area contributed by atoms with Gasteiger partial charge in [-0.15, -0.1) is 0 Å². The fraction of sp³-hybridized carbons (Fsp3) is 0.364. The molecule has 1 aliphatic carbocycles. The van der Waals surface area contributed by atoms with Crippen molar-refractivity contribution in [1.29, 1.82) is 0 Å². The maximum absolute atomic E-state index is 13.0. The first-order valence-electron chi connectivity index (χ1n) is 10.4. The van der Waals surface area contributed by atoms with E-state index in [9.17, 15) is 31.1 Å². The summed E-state index contributed by atoms with van der Waals surface area (Å²) in [5, 5.41) is 6.12. The third-order valence-electron chi connectivity index (χ3n) is 5.60. The van der Waals surface area contributed by atoms with Crippen LogP contribution in [0.1, 0.15) is 58.4 Å². The number of aryl methyl sites for hydroxylation is 2. The Hall–Kier alpha value is -3.44. The first-order chi connectivity index (χ1) is 15.9. The largest absolute Gasteiger partial charge is 0.435 e. The molecular formula is C22H19F6N5O. The van der Waals surface area contributed by atoms with E-state index in [1.54, 1.807) is 12.1 Å². The number of pyridine rings is 2. The van der Waals surface area contributed by atoms with Crippen LogP contribution in [0.3, 0.4) is 0 Å². The highest BCUT2D eigenvalue weighted by Crippen LogP contribution is 2.33. The summed E-state index contributed by atoms with van der Waals surface area (Å²) in [5.41, 5.74) is -0.544. The first kappa shape index (κ1) is 23.7. The maximum atomic E-state index is 13.0. The molecule has 3 heterocycles. The lowest BCUT2D eigenvalue weighted by atomic mass is 10.0. The van der Waals surface area contributed by atoms with E-state index in [2.05, 4.69) is 20.4 Å². The van der Waals surface area contributed by atoms with Crippen LogP contribution >= 0.6 is 0 Å². The molecule has 180 valence electrons. The topological polar surface area (TPSA) is 72.7 Å². The molecule has 0 aliphatic heterocycles. The van der Waals surface area contributed by atoms with Gasteiger partial charge in [0.25, 0.3) is 5.91 Å². The Balaban J connectivity index is 1.61. The minimum Gasteiger partial charge on any atom is -0.344 e. The van der Waals surface area contributed by atoms with Gasteiger partial charge in [-0.05, 0) is 43.0 Å². The van der Waals surface area contributed by atoms with Crippen LogP contribution in [0.25, 0.3) is 11.3 Å². The fourth-order valence-electron chi connectivity index (χ4n) is 3.93. The number of amides is 1. The zero-order chi connectivity index (χ0) is 24.7. The lowest BCUT2D eigenvalue weighted by Crippen LogP contribution is -2.30. The molecule has 4 rings (SSSR count). The van der Waals surface area contributed by atoms with Crippen molar-refractivity contribution in [2.75, 3.05) is 0 Å². The summed E-state index contributed by atoms with van der Waals surface area (Å²) in [4.78, 5) is 20.6. The number of nitrogens with zero attached hydrogens (tertiary/aromatic N) is 4. The Labute approximate surface area is 190 Å². The highest BCUT2D eigenvalue weighted by Gasteiger charge is 2.36. The molecule has 0 bridgehead atoms. The van der Waals surface area contributed by atoms with Crippen molar-refractivity contribution in [2.45, 2.75) is 44.1 Å². The van der Waals surface area contributed by atoms with Crippen LogP contribution < -0.4 is 5.32 Å². The van der Waals surface area contributed by atoms with Crippen molar-refractivity contribution < 1.29 is 31.1 Å². The molecule has 0 spiro atoms. The number of nitrogens with one attached hydrogen (secondary N) is 1. The van der Waals surface area contributed by atoms with Crippen molar-refractivity contribution in [3.8, 4) is 11.3 Å². The quantitative estimate of drug-likeness (QED) is 0.415. The summed E-state index contributed by atoms with van der Waals surface area (Å²) in [5.74, 6) is -0.712. The second kappa shape index (κ2) is 8.73. The number of hydrogen-bond acceptors (Lipinski definition) is 4. The third kappa shape index (κ3) is 4.90. The zero-order valence-electron chi connectivity index (χ0n) is 17.8. The van der Waals surface area contributed by atoms with Crippen LogP contribution in [-0.4, -0.2) is 25.7 Å². The Kier molecular flexibility index (Phi) is 6.09. The average molecular weight is 483 g/mol. The van der Waals surface area contributed by atoms with Gasteiger partial charge in [-0.25, -0.2) is 0 Å². The van der Waals surface area contributed by atoms with Gasteiger partial charge >= 0.3 is 12.4 Å². The molecular weight excluding hydrogens is 464 g/mol. The molecule has 1 aliphatic rings. The third-order valence-corrected chi connectivity index (χ3v) is 5.60. The van der Waals surface area contributed by atoms with E-state index in [0.29, 0.717) is 35.9 Å². The van der Waals surface area contributed by atoms with E-state index in [1.807, 2.05) is 0 Å². The van der Waals surface area contributed by atoms with Crippen molar-refractivity contribution in [2.24, 2.45) is 7.05 Å². The average Bonchev–Trinajstić information content (AvgIpc) is 3.07. The van der Waals surface area contributed by atoms with E-state index >= 15 is 0 Å². The smallest absolute Gasteiger partial charge is 0.344 e. The van der Waals surface area contributed by atoms with Gasteiger partial charge in [0.15, 0.2) is 5.69 Å². The second-order valence-electron chi connectivity index (χ2n) is 7.97. The summed E-state index contributed by atoms with van der Waals surface area (Å²) in [7, 11) is 1.25. The van der Waals surface area contributed by atoms with Crippen LogP contribution in [0.5, 0.6) is 0 Å². The van der Waals surface area contributed by atoms with Gasteiger partial charge in [-0.2, -0.15) is 31.4 Å². The second-order valence-corrected chi connectivity index (χ2v) is 7.97. The van der Waals surface area contributed by atoms with Crippen molar-refractivity contribution >= 4 is 5.91 Å². The van der Waals surface area contributed by atoms with Crippen molar-refractivity contribution in [3.63, 3.8) is 0 Å². The summed E-state index contributed by atoms with van der Waals surface area (Å²) in [6.45, 7) is 0. The lowest BCUT2D eigenvalue weighted by Gasteiger charge is -2.19. The summed E-state index contributed by atoms with van der Waals surface area (Å²) < 4.78 is 78.8. The van der Waals surface area contributed by atoms with E-state index in [-0.39, 0.29) is 11.3 Å². The molecule has 3 aromatic heterocycles. The first-order valence-corrected chi connectivity index (χ1v) is 10.4. The maximum Gasteiger partial charge on any atom is 0.435 e. The van der Waals surface area contributed by atoms with Gasteiger partial charge in [0, 0.05) is 30.6 Å². The minimum absolute atomic E-state index is 0.237. The van der Waals surface area contributed by atoms with Gasteiger partial charge in [-0.3, -0.25) is 19.4 Å². The van der Waals surface area contributed by atoms with E-state index in [0.717, 1.165) is 29.8 Å². The molecule has 0 unspecified atom stereocenters. The predicted octanol–water partition coefficient (Wildman–Crippen LogP) is 5.11. The molecule has 1 atom stereocenters. The Morgan fingerprint density at radius 2 is 1.76 bits per heavy atom. The Bertz CT molecular complexity index is 1220. The van der Waals surface area contributed by atoms with E-state index in [1.165, 1.54) is 13.1 Å². The molecule has 0 radical (unpaired) electrons. The summed E-state index contributed by atoms with van der Waals surface area (Å²) in [6.07, 6.45) is -5.64.